The predicted molar refractivity (Wildman–Crippen MR) is 113 cm³/mol. The summed E-state index contributed by atoms with van der Waals surface area (Å²) < 4.78 is 28.5. The number of imidazole rings is 1. The molecule has 0 spiro atoms. The number of nitrogens with zero attached hydrogens (tertiary/aromatic N) is 4. The largest absolute Gasteiger partial charge is 0.355 e. The summed E-state index contributed by atoms with van der Waals surface area (Å²) in [5, 5.41) is 11.0. The summed E-state index contributed by atoms with van der Waals surface area (Å²) in [5.41, 5.74) is 1.58. The number of nitro benzene ring substituents is 1. The van der Waals surface area contributed by atoms with E-state index in [1.807, 2.05) is 11.8 Å². The van der Waals surface area contributed by atoms with Crippen LogP contribution in [0.1, 0.15) is 24.8 Å². The number of hydrogen-bond donors (Lipinski definition) is 0. The first-order valence-corrected chi connectivity index (χ1v) is 11.2. The van der Waals surface area contributed by atoms with Gasteiger partial charge in [-0.05, 0) is 50.5 Å². The molecule has 0 bridgehead atoms. The monoisotopic (exact) mass is 426 g/mol. The Bertz CT molecular complexity index is 1160. The summed E-state index contributed by atoms with van der Waals surface area (Å²) >= 11 is 0. The molecule has 0 radical (unpaired) electrons. The quantitative estimate of drug-likeness (QED) is 0.453. The van der Waals surface area contributed by atoms with Gasteiger partial charge in [0.15, 0.2) is 5.82 Å². The van der Waals surface area contributed by atoms with Crippen molar-refractivity contribution in [3.05, 3.63) is 70.5 Å². The number of aryl methyl sites for hydroxylation is 1. The van der Waals surface area contributed by atoms with Gasteiger partial charge in [-0.3, -0.25) is 14.7 Å². The highest BCUT2D eigenvalue weighted by molar-refractivity contribution is 7.91. The van der Waals surface area contributed by atoms with Crippen LogP contribution in [0.15, 0.2) is 64.8 Å². The van der Waals surface area contributed by atoms with Gasteiger partial charge < -0.3 is 4.90 Å². The summed E-state index contributed by atoms with van der Waals surface area (Å²) in [4.78, 5) is 17.0. The Morgan fingerprint density at radius 1 is 0.967 bits per heavy atom. The molecule has 0 amide bonds. The molecular weight excluding hydrogens is 404 g/mol. The van der Waals surface area contributed by atoms with Gasteiger partial charge in [-0.1, -0.05) is 17.7 Å². The molecule has 9 heteroatoms. The molecule has 2 aromatic carbocycles. The molecule has 1 aromatic heterocycles. The average Bonchev–Trinajstić information content (AvgIpc) is 3.21. The van der Waals surface area contributed by atoms with Crippen LogP contribution < -0.4 is 4.90 Å². The SMILES string of the molecule is Cc1ccc(S(=O)(=O)c2ncn(-c3ccc([N+](=O)[O-])cc3)c2N2CCCCC2)cc1. The number of non-ortho nitro benzene ring substituents is 1. The molecule has 1 fully saturated rings. The number of benzene rings is 2. The standard InChI is InChI=1S/C21H22N4O4S/c1-16-5-11-19(12-6-16)30(28,29)20-21(23-13-3-2-4-14-23)24(15-22-20)17-7-9-18(10-8-17)25(26)27/h5-12,15H,2-4,13-14H2,1H3. The third kappa shape index (κ3) is 3.68. The minimum atomic E-state index is -3.83. The van der Waals surface area contributed by atoms with Gasteiger partial charge in [0.2, 0.25) is 14.9 Å². The first-order valence-electron chi connectivity index (χ1n) is 9.77. The maximum absolute atomic E-state index is 13.4. The molecule has 2 heterocycles. The fraction of sp³-hybridized carbons (Fsp3) is 0.286. The van der Waals surface area contributed by atoms with Crippen LogP contribution in [0.3, 0.4) is 0 Å². The Hall–Kier alpha value is -3.20. The molecule has 0 aliphatic carbocycles. The van der Waals surface area contributed by atoms with E-state index in [1.54, 1.807) is 41.0 Å². The predicted octanol–water partition coefficient (Wildman–Crippen LogP) is 3.91. The summed E-state index contributed by atoms with van der Waals surface area (Å²) in [6.07, 6.45) is 4.51. The van der Waals surface area contributed by atoms with Crippen molar-refractivity contribution in [2.75, 3.05) is 18.0 Å². The van der Waals surface area contributed by atoms with E-state index < -0.39 is 14.8 Å². The van der Waals surface area contributed by atoms with Crippen molar-refractivity contribution in [3.63, 3.8) is 0 Å². The number of rotatable bonds is 5. The number of aromatic nitrogens is 2. The van der Waals surface area contributed by atoms with Gasteiger partial charge >= 0.3 is 0 Å². The van der Waals surface area contributed by atoms with Crippen molar-refractivity contribution >= 4 is 21.3 Å². The normalized spacial score (nSPS) is 14.6. The van der Waals surface area contributed by atoms with E-state index in [2.05, 4.69) is 4.98 Å². The minimum absolute atomic E-state index is 0.00612. The molecule has 0 unspecified atom stereocenters. The van der Waals surface area contributed by atoms with Crippen LogP contribution in [0, 0.1) is 17.0 Å². The van der Waals surface area contributed by atoms with Crippen LogP contribution in [0.4, 0.5) is 11.5 Å². The molecule has 1 aliphatic heterocycles. The fourth-order valence-electron chi connectivity index (χ4n) is 3.66. The van der Waals surface area contributed by atoms with E-state index in [4.69, 9.17) is 0 Å². The van der Waals surface area contributed by atoms with E-state index in [1.165, 1.54) is 18.5 Å². The fourth-order valence-corrected chi connectivity index (χ4v) is 5.03. The Kier molecular flexibility index (Phi) is 5.29. The first kappa shape index (κ1) is 20.1. The Balaban J connectivity index is 1.85. The van der Waals surface area contributed by atoms with Crippen LogP contribution in [-0.4, -0.2) is 36.0 Å². The van der Waals surface area contributed by atoms with Gasteiger partial charge in [0, 0.05) is 30.9 Å². The maximum Gasteiger partial charge on any atom is 0.269 e. The van der Waals surface area contributed by atoms with Gasteiger partial charge in [-0.25, -0.2) is 13.4 Å². The lowest BCUT2D eigenvalue weighted by atomic mass is 10.1. The zero-order valence-corrected chi connectivity index (χ0v) is 17.4. The second-order valence-electron chi connectivity index (χ2n) is 7.38. The number of hydrogen-bond acceptors (Lipinski definition) is 6. The Labute approximate surface area is 174 Å². The van der Waals surface area contributed by atoms with Gasteiger partial charge in [-0.15, -0.1) is 0 Å². The van der Waals surface area contributed by atoms with E-state index in [9.17, 15) is 18.5 Å². The minimum Gasteiger partial charge on any atom is -0.355 e. The van der Waals surface area contributed by atoms with E-state index >= 15 is 0 Å². The number of anilines is 1. The highest BCUT2D eigenvalue weighted by Gasteiger charge is 2.30. The van der Waals surface area contributed by atoms with Crippen molar-refractivity contribution in [1.82, 2.24) is 9.55 Å². The zero-order valence-electron chi connectivity index (χ0n) is 16.6. The van der Waals surface area contributed by atoms with Crippen LogP contribution >= 0.6 is 0 Å². The van der Waals surface area contributed by atoms with Gasteiger partial charge in [0.05, 0.1) is 9.82 Å². The second kappa shape index (κ2) is 7.91. The molecule has 8 nitrogen and oxygen atoms in total. The second-order valence-corrected chi connectivity index (χ2v) is 9.25. The summed E-state index contributed by atoms with van der Waals surface area (Å²) in [7, 11) is -3.83. The van der Waals surface area contributed by atoms with Crippen molar-refractivity contribution in [1.29, 1.82) is 0 Å². The average molecular weight is 426 g/mol. The molecule has 0 saturated carbocycles. The lowest BCUT2D eigenvalue weighted by molar-refractivity contribution is -0.384. The van der Waals surface area contributed by atoms with Crippen LogP contribution in [0.2, 0.25) is 0 Å². The molecule has 0 atom stereocenters. The van der Waals surface area contributed by atoms with Crippen molar-refractivity contribution in [2.45, 2.75) is 36.1 Å². The molecule has 0 N–H and O–H groups in total. The molecule has 4 rings (SSSR count). The number of nitro groups is 1. The maximum atomic E-state index is 13.4. The van der Waals surface area contributed by atoms with Gasteiger partial charge in [0.25, 0.3) is 5.69 Å². The molecule has 1 aliphatic rings. The lowest BCUT2D eigenvalue weighted by Crippen LogP contribution is -2.32. The summed E-state index contributed by atoms with van der Waals surface area (Å²) in [6, 6.07) is 12.7. The Morgan fingerprint density at radius 2 is 1.60 bits per heavy atom. The number of sulfone groups is 1. The summed E-state index contributed by atoms with van der Waals surface area (Å²) in [6.45, 7) is 3.36. The van der Waals surface area contributed by atoms with Crippen LogP contribution in [0.5, 0.6) is 0 Å². The lowest BCUT2D eigenvalue weighted by Gasteiger charge is -2.30. The van der Waals surface area contributed by atoms with Crippen molar-refractivity contribution in [2.24, 2.45) is 0 Å². The third-order valence-corrected chi connectivity index (χ3v) is 6.98. The smallest absolute Gasteiger partial charge is 0.269 e. The molecular formula is C21H22N4O4S. The Morgan fingerprint density at radius 3 is 2.20 bits per heavy atom. The van der Waals surface area contributed by atoms with Crippen LogP contribution in [-0.2, 0) is 9.84 Å². The molecule has 156 valence electrons. The number of piperidine rings is 1. The van der Waals surface area contributed by atoms with Gasteiger partial charge in [-0.2, -0.15) is 0 Å². The summed E-state index contributed by atoms with van der Waals surface area (Å²) in [5.74, 6) is 0.504. The van der Waals surface area contributed by atoms with E-state index in [0.29, 0.717) is 11.5 Å². The van der Waals surface area contributed by atoms with E-state index in [0.717, 1.165) is 37.9 Å². The first-order chi connectivity index (χ1) is 14.4. The third-order valence-electron chi connectivity index (χ3n) is 5.29. The molecule has 1 saturated heterocycles. The highest BCUT2D eigenvalue weighted by atomic mass is 32.2. The van der Waals surface area contributed by atoms with Crippen molar-refractivity contribution in [3.8, 4) is 5.69 Å². The van der Waals surface area contributed by atoms with Crippen molar-refractivity contribution < 1.29 is 13.3 Å². The molecule has 3 aromatic rings. The van der Waals surface area contributed by atoms with Gasteiger partial charge in [0.1, 0.15) is 6.33 Å². The van der Waals surface area contributed by atoms with E-state index in [-0.39, 0.29) is 15.6 Å². The zero-order chi connectivity index (χ0) is 21.3. The van der Waals surface area contributed by atoms with Crippen LogP contribution in [0.25, 0.3) is 5.69 Å². The highest BCUT2D eigenvalue weighted by Crippen LogP contribution is 2.33. The topological polar surface area (TPSA) is 98.3 Å². The molecule has 30 heavy (non-hydrogen) atoms.